The van der Waals surface area contributed by atoms with E-state index >= 15 is 0 Å². The first-order valence-electron chi connectivity index (χ1n) is 7.07. The zero-order chi connectivity index (χ0) is 14.6. The quantitative estimate of drug-likeness (QED) is 0.702. The molecule has 0 bridgehead atoms. The fraction of sp³-hybridized carbons (Fsp3) is 0.600. The van der Waals surface area contributed by atoms with Gasteiger partial charge in [0.05, 0.1) is 16.3 Å². The van der Waals surface area contributed by atoms with Crippen LogP contribution in [0.2, 0.25) is 5.02 Å². The summed E-state index contributed by atoms with van der Waals surface area (Å²) in [4.78, 5) is 0. The van der Waals surface area contributed by atoms with Crippen LogP contribution < -0.4 is 5.32 Å². The van der Waals surface area contributed by atoms with Crippen molar-refractivity contribution in [1.29, 1.82) is 0 Å². The Kier molecular flexibility index (Phi) is 5.19. The molecular weight excluding hydrogens is 287 g/mol. The highest BCUT2D eigenvalue weighted by molar-refractivity contribution is 6.33. The van der Waals surface area contributed by atoms with Crippen LogP contribution in [0.3, 0.4) is 0 Å². The lowest BCUT2D eigenvalue weighted by atomic mass is 10.0. The van der Waals surface area contributed by atoms with Crippen LogP contribution in [0.5, 0.6) is 0 Å². The molecule has 0 amide bonds. The van der Waals surface area contributed by atoms with E-state index in [9.17, 15) is 13.2 Å². The van der Waals surface area contributed by atoms with Gasteiger partial charge in [0.2, 0.25) is 0 Å². The first kappa shape index (κ1) is 15.5. The van der Waals surface area contributed by atoms with Gasteiger partial charge in [-0.3, -0.25) is 0 Å². The maximum atomic E-state index is 12.7. The summed E-state index contributed by atoms with van der Waals surface area (Å²) in [7, 11) is 0. The van der Waals surface area contributed by atoms with E-state index in [1.54, 1.807) is 0 Å². The third-order valence-electron chi connectivity index (χ3n) is 3.85. The molecule has 1 N–H and O–H groups in total. The number of nitrogens with one attached hydrogen (secondary N) is 1. The van der Waals surface area contributed by atoms with Gasteiger partial charge in [-0.15, -0.1) is 0 Å². The minimum atomic E-state index is -4.33. The summed E-state index contributed by atoms with van der Waals surface area (Å²) < 4.78 is 38.0. The molecule has 0 aromatic heterocycles. The fourth-order valence-electron chi connectivity index (χ4n) is 2.66. The second kappa shape index (κ2) is 6.70. The van der Waals surface area contributed by atoms with Crippen molar-refractivity contribution in [3.8, 4) is 0 Å². The van der Waals surface area contributed by atoms with Gasteiger partial charge in [0.25, 0.3) is 0 Å². The van der Waals surface area contributed by atoms with Gasteiger partial charge in [-0.25, -0.2) is 0 Å². The molecule has 0 atom stereocenters. The van der Waals surface area contributed by atoms with E-state index in [0.29, 0.717) is 23.2 Å². The summed E-state index contributed by atoms with van der Waals surface area (Å²) in [5, 5.41) is 3.43. The van der Waals surface area contributed by atoms with E-state index in [0.717, 1.165) is 25.0 Å². The minimum Gasteiger partial charge on any atom is -0.384 e. The van der Waals surface area contributed by atoms with Gasteiger partial charge < -0.3 is 5.32 Å². The van der Waals surface area contributed by atoms with E-state index < -0.39 is 11.7 Å². The number of rotatable bonds is 3. The third kappa shape index (κ3) is 4.30. The average Bonchev–Trinajstić information content (AvgIpc) is 2.65. The summed E-state index contributed by atoms with van der Waals surface area (Å²) in [5.41, 5.74) is -0.281. The normalized spacial score (nSPS) is 17.8. The van der Waals surface area contributed by atoms with Gasteiger partial charge >= 0.3 is 6.18 Å². The second-order valence-electron chi connectivity index (χ2n) is 5.43. The van der Waals surface area contributed by atoms with Gasteiger partial charge in [-0.1, -0.05) is 37.3 Å². The molecule has 1 aliphatic rings. The Bertz CT molecular complexity index is 437. The summed E-state index contributed by atoms with van der Waals surface area (Å²) in [6, 6.07) is 3.41. The van der Waals surface area contributed by atoms with Crippen molar-refractivity contribution in [2.45, 2.75) is 44.7 Å². The Morgan fingerprint density at radius 1 is 1.10 bits per heavy atom. The molecule has 20 heavy (non-hydrogen) atoms. The SMILES string of the molecule is FC(F)(F)c1ccc(Cl)c(NCC2CCCCCC2)c1. The van der Waals surface area contributed by atoms with Crippen molar-refractivity contribution in [2.75, 3.05) is 11.9 Å². The molecule has 1 saturated carbocycles. The first-order chi connectivity index (χ1) is 9.47. The van der Waals surface area contributed by atoms with Crippen molar-refractivity contribution in [3.63, 3.8) is 0 Å². The van der Waals surface area contributed by atoms with Crippen LogP contribution in [0.4, 0.5) is 18.9 Å². The largest absolute Gasteiger partial charge is 0.416 e. The zero-order valence-corrected chi connectivity index (χ0v) is 12.0. The lowest BCUT2D eigenvalue weighted by Crippen LogP contribution is -2.14. The first-order valence-corrected chi connectivity index (χ1v) is 7.45. The van der Waals surface area contributed by atoms with E-state index in [4.69, 9.17) is 11.6 Å². The maximum absolute atomic E-state index is 12.7. The van der Waals surface area contributed by atoms with Crippen LogP contribution >= 0.6 is 11.6 Å². The molecule has 2 rings (SSSR count). The Morgan fingerprint density at radius 3 is 2.35 bits per heavy atom. The summed E-state index contributed by atoms with van der Waals surface area (Å²) in [5.74, 6) is 0.531. The number of alkyl halides is 3. The molecule has 0 saturated heterocycles. The highest BCUT2D eigenvalue weighted by Gasteiger charge is 2.31. The van der Waals surface area contributed by atoms with Gasteiger partial charge in [-0.05, 0) is 37.0 Å². The molecular formula is C15H19ClF3N. The molecule has 1 aromatic carbocycles. The van der Waals surface area contributed by atoms with Gasteiger partial charge in [-0.2, -0.15) is 13.2 Å². The van der Waals surface area contributed by atoms with Crippen molar-refractivity contribution in [1.82, 2.24) is 0 Å². The Hall–Kier alpha value is -0.900. The summed E-state index contributed by atoms with van der Waals surface area (Å²) in [6.07, 6.45) is 2.91. The molecule has 1 aliphatic carbocycles. The molecule has 1 nitrogen and oxygen atoms in total. The lowest BCUT2D eigenvalue weighted by molar-refractivity contribution is -0.137. The monoisotopic (exact) mass is 305 g/mol. The fourth-order valence-corrected chi connectivity index (χ4v) is 2.84. The maximum Gasteiger partial charge on any atom is 0.416 e. The molecule has 0 unspecified atom stereocenters. The molecule has 1 fully saturated rings. The summed E-state index contributed by atoms with van der Waals surface area (Å²) >= 11 is 5.97. The Balaban J connectivity index is 2.01. The van der Waals surface area contributed by atoms with Crippen LogP contribution in [0.25, 0.3) is 0 Å². The average molecular weight is 306 g/mol. The van der Waals surface area contributed by atoms with Crippen LogP contribution in [-0.2, 0) is 6.18 Å². The molecule has 1 aromatic rings. The molecule has 0 radical (unpaired) electrons. The van der Waals surface area contributed by atoms with Crippen molar-refractivity contribution >= 4 is 17.3 Å². The number of hydrogen-bond acceptors (Lipinski definition) is 1. The standard InChI is InChI=1S/C15H19ClF3N/c16-13-8-7-12(15(17,18)19)9-14(13)20-10-11-5-3-1-2-4-6-11/h7-9,11,20H,1-6,10H2. The summed E-state index contributed by atoms with van der Waals surface area (Å²) in [6.45, 7) is 0.695. The van der Waals surface area contributed by atoms with Crippen LogP contribution in [0, 0.1) is 5.92 Å². The third-order valence-corrected chi connectivity index (χ3v) is 4.18. The van der Waals surface area contributed by atoms with Crippen LogP contribution in [0.1, 0.15) is 44.1 Å². The van der Waals surface area contributed by atoms with E-state index in [1.165, 1.54) is 31.7 Å². The smallest absolute Gasteiger partial charge is 0.384 e. The number of halogens is 4. The lowest BCUT2D eigenvalue weighted by Gasteiger charge is -2.17. The number of benzene rings is 1. The zero-order valence-electron chi connectivity index (χ0n) is 11.3. The minimum absolute atomic E-state index is 0.339. The second-order valence-corrected chi connectivity index (χ2v) is 5.84. The predicted molar refractivity (Wildman–Crippen MR) is 76.1 cm³/mol. The van der Waals surface area contributed by atoms with Crippen molar-refractivity contribution in [3.05, 3.63) is 28.8 Å². The molecule has 5 heteroatoms. The topological polar surface area (TPSA) is 12.0 Å². The highest BCUT2D eigenvalue weighted by atomic mass is 35.5. The van der Waals surface area contributed by atoms with E-state index in [1.807, 2.05) is 0 Å². The van der Waals surface area contributed by atoms with Gasteiger partial charge in [0.15, 0.2) is 0 Å². The predicted octanol–water partition coefficient (Wildman–Crippen LogP) is 5.74. The molecule has 0 heterocycles. The van der Waals surface area contributed by atoms with Crippen molar-refractivity contribution < 1.29 is 13.2 Å². The molecule has 0 spiro atoms. The van der Waals surface area contributed by atoms with E-state index in [-0.39, 0.29) is 0 Å². The van der Waals surface area contributed by atoms with Gasteiger partial charge in [0.1, 0.15) is 0 Å². The molecule has 0 aliphatic heterocycles. The van der Waals surface area contributed by atoms with Crippen LogP contribution in [-0.4, -0.2) is 6.54 Å². The van der Waals surface area contributed by atoms with Crippen molar-refractivity contribution in [2.24, 2.45) is 5.92 Å². The van der Waals surface area contributed by atoms with Crippen LogP contribution in [0.15, 0.2) is 18.2 Å². The highest BCUT2D eigenvalue weighted by Crippen LogP contribution is 2.34. The van der Waals surface area contributed by atoms with E-state index in [2.05, 4.69) is 5.32 Å². The Labute approximate surface area is 122 Å². The number of anilines is 1. The molecule has 112 valence electrons. The van der Waals surface area contributed by atoms with Gasteiger partial charge in [0, 0.05) is 6.54 Å². The Morgan fingerprint density at radius 2 is 1.75 bits per heavy atom. The number of hydrogen-bond donors (Lipinski definition) is 1.